The largest absolute Gasteiger partial charge is 0.243 e. The second-order valence-electron chi connectivity index (χ2n) is 3.47. The molecule has 76 valence electrons. The van der Waals surface area contributed by atoms with Crippen molar-refractivity contribution in [3.05, 3.63) is 54.9 Å². The van der Waals surface area contributed by atoms with E-state index in [1.54, 1.807) is 12.4 Å². The minimum Gasteiger partial charge on any atom is -0.243 e. The van der Waals surface area contributed by atoms with E-state index < -0.39 is 0 Å². The molecule has 0 bridgehead atoms. The fourth-order valence-electron chi connectivity index (χ4n) is 1.60. The van der Waals surface area contributed by atoms with Crippen LogP contribution in [0.2, 0.25) is 0 Å². The first-order valence-electron chi connectivity index (χ1n) is 5.07. The van der Waals surface area contributed by atoms with Gasteiger partial charge in [0.25, 0.3) is 0 Å². The quantitative estimate of drug-likeness (QED) is 0.615. The van der Waals surface area contributed by atoms with E-state index in [4.69, 9.17) is 0 Å². The van der Waals surface area contributed by atoms with E-state index in [9.17, 15) is 0 Å². The molecule has 0 fully saturated rings. The molecule has 0 spiro atoms. The molecule has 0 N–H and O–H groups in total. The van der Waals surface area contributed by atoms with Crippen molar-refractivity contribution in [3.8, 4) is 11.3 Å². The van der Waals surface area contributed by atoms with E-state index in [1.165, 1.54) is 0 Å². The van der Waals surface area contributed by atoms with Crippen LogP contribution in [-0.4, -0.2) is 15.0 Å². The molecule has 16 heavy (non-hydrogen) atoms. The standard InChI is InChI=1S/C13H9N3/c1-2-5-10(6-3-1)12-9-15-13-11(16-12)7-4-8-14-13/h1-9H. The molecule has 0 aliphatic heterocycles. The molecule has 0 radical (unpaired) electrons. The van der Waals surface area contributed by atoms with Gasteiger partial charge in [-0.2, -0.15) is 0 Å². The van der Waals surface area contributed by atoms with Gasteiger partial charge in [0.05, 0.1) is 11.9 Å². The first-order chi connectivity index (χ1) is 7.93. The van der Waals surface area contributed by atoms with E-state index in [1.807, 2.05) is 42.5 Å². The van der Waals surface area contributed by atoms with Crippen LogP contribution in [0.25, 0.3) is 22.4 Å². The van der Waals surface area contributed by atoms with E-state index in [-0.39, 0.29) is 0 Å². The summed E-state index contributed by atoms with van der Waals surface area (Å²) in [5.41, 5.74) is 3.45. The summed E-state index contributed by atoms with van der Waals surface area (Å²) >= 11 is 0. The maximum absolute atomic E-state index is 4.52. The maximum Gasteiger partial charge on any atom is 0.178 e. The van der Waals surface area contributed by atoms with Crippen molar-refractivity contribution in [2.24, 2.45) is 0 Å². The Kier molecular flexibility index (Phi) is 2.07. The summed E-state index contributed by atoms with van der Waals surface area (Å²) in [7, 11) is 0. The molecule has 0 aliphatic rings. The van der Waals surface area contributed by atoms with Crippen molar-refractivity contribution < 1.29 is 0 Å². The lowest BCUT2D eigenvalue weighted by molar-refractivity contribution is 1.23. The molecular weight excluding hydrogens is 198 g/mol. The van der Waals surface area contributed by atoms with Gasteiger partial charge < -0.3 is 0 Å². The SMILES string of the molecule is c1ccc(-c2cnc3ncccc3n2)cc1. The summed E-state index contributed by atoms with van der Waals surface area (Å²) in [4.78, 5) is 12.9. The molecular formula is C13H9N3. The van der Waals surface area contributed by atoms with Gasteiger partial charge in [-0.15, -0.1) is 0 Å². The first kappa shape index (κ1) is 8.97. The molecule has 0 atom stereocenters. The monoisotopic (exact) mass is 207 g/mol. The molecule has 0 unspecified atom stereocenters. The Balaban J connectivity index is 2.19. The Morgan fingerprint density at radius 1 is 0.812 bits per heavy atom. The van der Waals surface area contributed by atoms with Gasteiger partial charge in [-0.25, -0.2) is 15.0 Å². The second kappa shape index (κ2) is 3.70. The molecule has 0 amide bonds. The first-order valence-corrected chi connectivity index (χ1v) is 5.07. The number of hydrogen-bond donors (Lipinski definition) is 0. The van der Waals surface area contributed by atoms with Crippen LogP contribution < -0.4 is 0 Å². The smallest absolute Gasteiger partial charge is 0.178 e. The summed E-state index contributed by atoms with van der Waals surface area (Å²) in [5, 5.41) is 0. The second-order valence-corrected chi connectivity index (χ2v) is 3.47. The Hall–Kier alpha value is -2.29. The average molecular weight is 207 g/mol. The zero-order valence-electron chi connectivity index (χ0n) is 8.54. The topological polar surface area (TPSA) is 38.7 Å². The molecule has 3 heteroatoms. The Morgan fingerprint density at radius 2 is 1.69 bits per heavy atom. The molecule has 0 aliphatic carbocycles. The summed E-state index contributed by atoms with van der Waals surface area (Å²) in [5.74, 6) is 0. The molecule has 1 aromatic carbocycles. The lowest BCUT2D eigenvalue weighted by atomic mass is 10.2. The number of aromatic nitrogens is 3. The average Bonchev–Trinajstić information content (AvgIpc) is 2.39. The summed E-state index contributed by atoms with van der Waals surface area (Å²) in [6, 6.07) is 13.8. The highest BCUT2D eigenvalue weighted by atomic mass is 14.9. The van der Waals surface area contributed by atoms with Crippen LogP contribution in [0.1, 0.15) is 0 Å². The van der Waals surface area contributed by atoms with Gasteiger partial charge in [0.1, 0.15) is 5.52 Å². The van der Waals surface area contributed by atoms with E-state index in [2.05, 4.69) is 15.0 Å². The van der Waals surface area contributed by atoms with Crippen molar-refractivity contribution in [2.75, 3.05) is 0 Å². The fourth-order valence-corrected chi connectivity index (χ4v) is 1.60. The normalized spacial score (nSPS) is 10.5. The third kappa shape index (κ3) is 1.52. The Labute approximate surface area is 92.8 Å². The molecule has 3 aromatic rings. The van der Waals surface area contributed by atoms with Gasteiger partial charge in [-0.3, -0.25) is 0 Å². The third-order valence-electron chi connectivity index (χ3n) is 2.39. The number of fused-ring (bicyclic) bond motifs is 1. The van der Waals surface area contributed by atoms with Crippen LogP contribution in [0.5, 0.6) is 0 Å². The molecule has 0 saturated heterocycles. The predicted octanol–water partition coefficient (Wildman–Crippen LogP) is 2.69. The number of rotatable bonds is 1. The van der Waals surface area contributed by atoms with Crippen LogP contribution in [0.3, 0.4) is 0 Å². The van der Waals surface area contributed by atoms with E-state index in [0.717, 1.165) is 16.8 Å². The van der Waals surface area contributed by atoms with Gasteiger partial charge in [0, 0.05) is 11.8 Å². The van der Waals surface area contributed by atoms with Crippen molar-refractivity contribution in [1.29, 1.82) is 0 Å². The number of pyridine rings is 1. The number of nitrogens with zero attached hydrogens (tertiary/aromatic N) is 3. The molecule has 2 heterocycles. The van der Waals surface area contributed by atoms with E-state index in [0.29, 0.717) is 5.65 Å². The van der Waals surface area contributed by atoms with Crippen LogP contribution in [0.15, 0.2) is 54.9 Å². The van der Waals surface area contributed by atoms with Crippen molar-refractivity contribution >= 4 is 11.2 Å². The Morgan fingerprint density at radius 3 is 2.56 bits per heavy atom. The maximum atomic E-state index is 4.52. The third-order valence-corrected chi connectivity index (χ3v) is 2.39. The van der Waals surface area contributed by atoms with Crippen LogP contribution in [0, 0.1) is 0 Å². The van der Waals surface area contributed by atoms with Crippen molar-refractivity contribution in [1.82, 2.24) is 15.0 Å². The van der Waals surface area contributed by atoms with Crippen LogP contribution in [-0.2, 0) is 0 Å². The molecule has 3 nitrogen and oxygen atoms in total. The lowest BCUT2D eigenvalue weighted by Crippen LogP contribution is -1.89. The molecule has 3 rings (SSSR count). The van der Waals surface area contributed by atoms with Gasteiger partial charge in [0.2, 0.25) is 0 Å². The zero-order valence-corrected chi connectivity index (χ0v) is 8.54. The lowest BCUT2D eigenvalue weighted by Gasteiger charge is -2.01. The minimum atomic E-state index is 0.683. The fraction of sp³-hybridized carbons (Fsp3) is 0. The summed E-state index contributed by atoms with van der Waals surface area (Å²) in [6.07, 6.45) is 3.48. The zero-order chi connectivity index (χ0) is 10.8. The van der Waals surface area contributed by atoms with Gasteiger partial charge in [0.15, 0.2) is 5.65 Å². The van der Waals surface area contributed by atoms with E-state index >= 15 is 0 Å². The van der Waals surface area contributed by atoms with Crippen molar-refractivity contribution in [3.63, 3.8) is 0 Å². The highest BCUT2D eigenvalue weighted by Gasteiger charge is 2.01. The highest BCUT2D eigenvalue weighted by molar-refractivity contribution is 5.73. The van der Waals surface area contributed by atoms with Gasteiger partial charge in [-0.1, -0.05) is 30.3 Å². The highest BCUT2D eigenvalue weighted by Crippen LogP contribution is 2.17. The van der Waals surface area contributed by atoms with Gasteiger partial charge >= 0.3 is 0 Å². The van der Waals surface area contributed by atoms with Crippen LogP contribution >= 0.6 is 0 Å². The van der Waals surface area contributed by atoms with Crippen molar-refractivity contribution in [2.45, 2.75) is 0 Å². The predicted molar refractivity (Wildman–Crippen MR) is 62.8 cm³/mol. The number of hydrogen-bond acceptors (Lipinski definition) is 3. The minimum absolute atomic E-state index is 0.683. The number of benzene rings is 1. The molecule has 2 aromatic heterocycles. The van der Waals surface area contributed by atoms with Gasteiger partial charge in [-0.05, 0) is 12.1 Å². The summed E-state index contributed by atoms with van der Waals surface area (Å²) < 4.78 is 0. The van der Waals surface area contributed by atoms with Crippen LogP contribution in [0.4, 0.5) is 0 Å². The Bertz CT molecular complexity index is 620. The summed E-state index contributed by atoms with van der Waals surface area (Å²) in [6.45, 7) is 0. The molecule has 0 saturated carbocycles.